The Balaban J connectivity index is 2.17. The van der Waals surface area contributed by atoms with Crippen LogP contribution in [0.4, 0.5) is 11.4 Å². The molecule has 0 aliphatic carbocycles. The third-order valence-corrected chi connectivity index (χ3v) is 3.03. The first kappa shape index (κ1) is 14.9. The molecule has 0 radical (unpaired) electrons. The molecule has 21 heavy (non-hydrogen) atoms. The molecule has 0 bridgehead atoms. The largest absolute Gasteiger partial charge is 0.399 e. The smallest absolute Gasteiger partial charge is 0.253 e. The highest BCUT2D eigenvalue weighted by Gasteiger charge is 2.12. The van der Waals surface area contributed by atoms with Gasteiger partial charge in [-0.2, -0.15) is 0 Å². The van der Waals surface area contributed by atoms with Crippen LogP contribution in [0.2, 0.25) is 0 Å². The molecule has 110 valence electrons. The van der Waals surface area contributed by atoms with E-state index >= 15 is 0 Å². The predicted molar refractivity (Wildman–Crippen MR) is 87.2 cm³/mol. The van der Waals surface area contributed by atoms with Crippen molar-refractivity contribution in [3.05, 3.63) is 59.7 Å². The summed E-state index contributed by atoms with van der Waals surface area (Å²) in [5.74, 6) is -0.118. The number of rotatable bonds is 5. The summed E-state index contributed by atoms with van der Waals surface area (Å²) in [6.07, 6.45) is 0. The Morgan fingerprint density at radius 3 is 2.52 bits per heavy atom. The molecule has 4 N–H and O–H groups in total. The van der Waals surface area contributed by atoms with Crippen LogP contribution >= 0.6 is 0 Å². The molecule has 0 aliphatic rings. The average molecular weight is 283 g/mol. The van der Waals surface area contributed by atoms with Crippen LogP contribution in [-0.2, 0) is 6.54 Å². The highest BCUT2D eigenvalue weighted by molar-refractivity contribution is 6.00. The van der Waals surface area contributed by atoms with E-state index in [1.807, 2.05) is 50.2 Å². The third kappa shape index (κ3) is 4.24. The molecule has 2 rings (SSSR count). The lowest BCUT2D eigenvalue weighted by Crippen LogP contribution is -2.30. The van der Waals surface area contributed by atoms with Gasteiger partial charge in [0.2, 0.25) is 0 Å². The quantitative estimate of drug-likeness (QED) is 0.739. The summed E-state index contributed by atoms with van der Waals surface area (Å²) in [6, 6.07) is 15.5. The standard InChI is InChI=1S/C17H21N3O/c1-12(2)20-17(21)15-10-14(18)8-9-16(15)19-11-13-6-4-3-5-7-13/h3-10,12,19H,11,18H2,1-2H3,(H,20,21). The molecule has 4 nitrogen and oxygen atoms in total. The van der Waals surface area contributed by atoms with Crippen LogP contribution in [0, 0.1) is 0 Å². The van der Waals surface area contributed by atoms with Crippen LogP contribution in [0.15, 0.2) is 48.5 Å². The number of benzene rings is 2. The van der Waals surface area contributed by atoms with E-state index < -0.39 is 0 Å². The van der Waals surface area contributed by atoms with Crippen LogP contribution in [0.25, 0.3) is 0 Å². The number of carbonyl (C=O) groups excluding carboxylic acids is 1. The zero-order valence-corrected chi connectivity index (χ0v) is 12.4. The Labute approximate surface area is 125 Å². The second-order valence-electron chi connectivity index (χ2n) is 5.27. The molecule has 4 heteroatoms. The van der Waals surface area contributed by atoms with Gasteiger partial charge in [0.1, 0.15) is 0 Å². The number of anilines is 2. The summed E-state index contributed by atoms with van der Waals surface area (Å²) in [5, 5.41) is 6.18. The lowest BCUT2D eigenvalue weighted by Gasteiger charge is -2.14. The van der Waals surface area contributed by atoms with Crippen molar-refractivity contribution < 1.29 is 4.79 Å². The minimum absolute atomic E-state index is 0.0842. The van der Waals surface area contributed by atoms with E-state index in [1.165, 1.54) is 0 Å². The number of nitrogens with one attached hydrogen (secondary N) is 2. The van der Waals surface area contributed by atoms with Crippen molar-refractivity contribution in [1.29, 1.82) is 0 Å². The lowest BCUT2D eigenvalue weighted by molar-refractivity contribution is 0.0944. The van der Waals surface area contributed by atoms with Gasteiger partial charge in [0.05, 0.1) is 5.56 Å². The molecule has 0 unspecified atom stereocenters. The highest BCUT2D eigenvalue weighted by Crippen LogP contribution is 2.20. The van der Waals surface area contributed by atoms with E-state index in [0.29, 0.717) is 17.8 Å². The monoisotopic (exact) mass is 283 g/mol. The number of hydrogen-bond donors (Lipinski definition) is 3. The van der Waals surface area contributed by atoms with E-state index in [-0.39, 0.29) is 11.9 Å². The fourth-order valence-corrected chi connectivity index (χ4v) is 2.04. The number of amides is 1. The molecule has 1 amide bonds. The zero-order chi connectivity index (χ0) is 15.2. The summed E-state index contributed by atoms with van der Waals surface area (Å²) >= 11 is 0. The number of carbonyl (C=O) groups is 1. The lowest BCUT2D eigenvalue weighted by atomic mass is 10.1. The van der Waals surface area contributed by atoms with Gasteiger partial charge in [-0.25, -0.2) is 0 Å². The summed E-state index contributed by atoms with van der Waals surface area (Å²) in [5.41, 5.74) is 8.88. The van der Waals surface area contributed by atoms with Crippen LogP contribution in [0.3, 0.4) is 0 Å². The molecule has 0 saturated carbocycles. The Kier molecular flexibility index (Phi) is 4.82. The second kappa shape index (κ2) is 6.79. The molecule has 0 spiro atoms. The fourth-order valence-electron chi connectivity index (χ4n) is 2.04. The van der Waals surface area contributed by atoms with Crippen LogP contribution in [-0.4, -0.2) is 11.9 Å². The highest BCUT2D eigenvalue weighted by atomic mass is 16.1. The maximum atomic E-state index is 12.2. The summed E-state index contributed by atoms with van der Waals surface area (Å²) in [7, 11) is 0. The van der Waals surface area contributed by atoms with Gasteiger partial charge in [0.15, 0.2) is 0 Å². The molecule has 0 atom stereocenters. The summed E-state index contributed by atoms with van der Waals surface area (Å²) in [6.45, 7) is 4.52. The number of nitrogens with two attached hydrogens (primary N) is 1. The van der Waals surface area contributed by atoms with Gasteiger partial charge in [0.25, 0.3) is 5.91 Å². The molecule has 0 fully saturated rings. The van der Waals surface area contributed by atoms with Crippen molar-refractivity contribution in [3.8, 4) is 0 Å². The van der Waals surface area contributed by atoms with E-state index in [1.54, 1.807) is 12.1 Å². The van der Waals surface area contributed by atoms with E-state index in [0.717, 1.165) is 11.3 Å². The first-order valence-corrected chi connectivity index (χ1v) is 7.04. The Hall–Kier alpha value is -2.49. The van der Waals surface area contributed by atoms with Gasteiger partial charge in [-0.3, -0.25) is 4.79 Å². The van der Waals surface area contributed by atoms with Crippen LogP contribution < -0.4 is 16.4 Å². The number of nitrogen functional groups attached to an aromatic ring is 1. The molecule has 0 saturated heterocycles. The number of hydrogen-bond acceptors (Lipinski definition) is 3. The van der Waals surface area contributed by atoms with E-state index in [9.17, 15) is 4.79 Å². The first-order chi connectivity index (χ1) is 10.1. The van der Waals surface area contributed by atoms with Crippen molar-refractivity contribution >= 4 is 17.3 Å². The van der Waals surface area contributed by atoms with Gasteiger partial charge < -0.3 is 16.4 Å². The van der Waals surface area contributed by atoms with Crippen molar-refractivity contribution in [2.24, 2.45) is 0 Å². The van der Waals surface area contributed by atoms with Crippen LogP contribution in [0.5, 0.6) is 0 Å². The predicted octanol–water partition coefficient (Wildman–Crippen LogP) is 3.02. The summed E-state index contributed by atoms with van der Waals surface area (Å²) < 4.78 is 0. The van der Waals surface area contributed by atoms with Gasteiger partial charge >= 0.3 is 0 Å². The van der Waals surface area contributed by atoms with Crippen molar-refractivity contribution in [2.75, 3.05) is 11.1 Å². The Morgan fingerprint density at radius 2 is 1.86 bits per heavy atom. The Bertz CT molecular complexity index is 609. The van der Waals surface area contributed by atoms with Gasteiger partial charge in [-0.1, -0.05) is 30.3 Å². The second-order valence-corrected chi connectivity index (χ2v) is 5.27. The van der Waals surface area contributed by atoms with Crippen molar-refractivity contribution in [1.82, 2.24) is 5.32 Å². The summed E-state index contributed by atoms with van der Waals surface area (Å²) in [4.78, 5) is 12.2. The van der Waals surface area contributed by atoms with Crippen LogP contribution in [0.1, 0.15) is 29.8 Å². The maximum absolute atomic E-state index is 12.2. The van der Waals surface area contributed by atoms with Gasteiger partial charge in [0, 0.05) is 24.0 Å². The van der Waals surface area contributed by atoms with Crippen molar-refractivity contribution in [3.63, 3.8) is 0 Å². The molecule has 0 aromatic heterocycles. The third-order valence-electron chi connectivity index (χ3n) is 3.03. The van der Waals surface area contributed by atoms with E-state index in [2.05, 4.69) is 10.6 Å². The van der Waals surface area contributed by atoms with E-state index in [4.69, 9.17) is 5.73 Å². The average Bonchev–Trinajstić information content (AvgIpc) is 2.46. The van der Waals surface area contributed by atoms with Gasteiger partial charge in [-0.05, 0) is 37.6 Å². The molecular formula is C17H21N3O. The van der Waals surface area contributed by atoms with Gasteiger partial charge in [-0.15, -0.1) is 0 Å². The first-order valence-electron chi connectivity index (χ1n) is 7.04. The SMILES string of the molecule is CC(C)NC(=O)c1cc(N)ccc1NCc1ccccc1. The topological polar surface area (TPSA) is 67.2 Å². The zero-order valence-electron chi connectivity index (χ0n) is 12.4. The molecule has 2 aromatic rings. The molecule has 2 aromatic carbocycles. The Morgan fingerprint density at radius 1 is 1.14 bits per heavy atom. The molecule has 0 heterocycles. The molecule has 0 aliphatic heterocycles. The minimum Gasteiger partial charge on any atom is -0.399 e. The fraction of sp³-hybridized carbons (Fsp3) is 0.235. The molecular weight excluding hydrogens is 262 g/mol. The minimum atomic E-state index is -0.118. The maximum Gasteiger partial charge on any atom is 0.253 e. The normalized spacial score (nSPS) is 10.4. The van der Waals surface area contributed by atoms with Crippen molar-refractivity contribution in [2.45, 2.75) is 26.4 Å².